The fraction of sp³-hybridized carbons (Fsp3) is 0.667. The van der Waals surface area contributed by atoms with Crippen molar-refractivity contribution in [2.45, 2.75) is 76.1 Å². The molecule has 0 radical (unpaired) electrons. The summed E-state index contributed by atoms with van der Waals surface area (Å²) in [5.74, 6) is -1.08. The second-order valence-corrected chi connectivity index (χ2v) is 9.05. The smallest absolute Gasteiger partial charge is 0.207 e. The molecule has 3 aliphatic carbocycles. The Morgan fingerprint density at radius 1 is 1.25 bits per heavy atom. The number of aliphatic hydroxyl groups excluding tert-OH is 1. The fourth-order valence-corrected chi connectivity index (χ4v) is 5.30. The van der Waals surface area contributed by atoms with E-state index in [0.29, 0.717) is 38.0 Å². The number of carbonyl (C=O) groups excluding carboxylic acids is 1. The largest absolute Gasteiger partial charge is 0.393 e. The average Bonchev–Trinajstić information content (AvgIpc) is 3.31. The summed E-state index contributed by atoms with van der Waals surface area (Å²) in [5, 5.41) is 11.3. The Hall–Kier alpha value is -1.27. The van der Waals surface area contributed by atoms with Gasteiger partial charge in [0.1, 0.15) is 17.3 Å². The van der Waals surface area contributed by atoms with E-state index >= 15 is 0 Å². The topological polar surface area (TPSA) is 49.3 Å². The van der Waals surface area contributed by atoms with E-state index in [1.807, 2.05) is 0 Å². The van der Waals surface area contributed by atoms with Crippen LogP contribution in [0.15, 0.2) is 12.1 Å². The van der Waals surface area contributed by atoms with Crippen molar-refractivity contribution in [2.24, 2.45) is 11.3 Å². The van der Waals surface area contributed by atoms with Gasteiger partial charge < -0.3 is 10.4 Å². The van der Waals surface area contributed by atoms with Crippen LogP contribution in [0.3, 0.4) is 0 Å². The minimum absolute atomic E-state index is 0.0139. The summed E-state index contributed by atoms with van der Waals surface area (Å²) in [5.41, 5.74) is -2.17. The zero-order valence-electron chi connectivity index (χ0n) is 16.0. The van der Waals surface area contributed by atoms with Gasteiger partial charge in [0.25, 0.3) is 0 Å². The molecule has 156 valence electrons. The Morgan fingerprint density at radius 2 is 1.93 bits per heavy atom. The third-order valence-corrected chi connectivity index (χ3v) is 7.13. The van der Waals surface area contributed by atoms with E-state index in [9.17, 15) is 18.0 Å². The first-order chi connectivity index (χ1) is 13.2. The van der Waals surface area contributed by atoms with E-state index in [2.05, 4.69) is 12.2 Å². The number of nitrogens with one attached hydrogen (secondary N) is 1. The van der Waals surface area contributed by atoms with Crippen molar-refractivity contribution < 1.29 is 23.1 Å². The molecule has 3 unspecified atom stereocenters. The molecular weight excluding hydrogens is 391 g/mol. The molecule has 1 aromatic carbocycles. The van der Waals surface area contributed by atoms with Crippen LogP contribution >= 0.6 is 11.6 Å². The normalized spacial score (nSPS) is 34.6. The molecule has 0 aromatic heterocycles. The molecule has 1 amide bonds. The van der Waals surface area contributed by atoms with Gasteiger partial charge in [-0.2, -0.15) is 0 Å². The summed E-state index contributed by atoms with van der Waals surface area (Å²) in [4.78, 5) is 10.9. The Kier molecular flexibility index (Phi) is 6.30. The Morgan fingerprint density at radius 3 is 2.36 bits per heavy atom. The molecule has 0 saturated heterocycles. The number of amides is 1. The van der Waals surface area contributed by atoms with Crippen LogP contribution in [-0.2, 0) is 4.79 Å². The van der Waals surface area contributed by atoms with Gasteiger partial charge >= 0.3 is 0 Å². The highest BCUT2D eigenvalue weighted by Crippen LogP contribution is 2.63. The standard InChI is InChI=1S/C15H15ClF3NO.C6H12O/c16-9-1-2-10(17)11(12(9)18)13(20-8-21)14-3-5-15(19,7-14)6-4-14;1-5-3-2-4-6(5)7/h1-2,8,13H,3-7H2,(H,20,21);5-7H,2-4H2,1H3. The quantitative estimate of drug-likeness (QED) is 0.519. The van der Waals surface area contributed by atoms with Crippen molar-refractivity contribution in [3.63, 3.8) is 0 Å². The number of alkyl halides is 1. The number of aliphatic hydroxyl groups is 1. The molecule has 3 atom stereocenters. The minimum Gasteiger partial charge on any atom is -0.393 e. The molecule has 4 rings (SSSR count). The van der Waals surface area contributed by atoms with Crippen LogP contribution in [0.25, 0.3) is 0 Å². The van der Waals surface area contributed by atoms with E-state index in [4.69, 9.17) is 16.7 Å². The Labute approximate surface area is 168 Å². The summed E-state index contributed by atoms with van der Waals surface area (Å²) in [6.45, 7) is 2.11. The van der Waals surface area contributed by atoms with E-state index in [1.165, 1.54) is 12.8 Å². The highest BCUT2D eigenvalue weighted by Gasteiger charge is 2.59. The number of rotatable bonds is 4. The predicted octanol–water partition coefficient (Wildman–Crippen LogP) is 5.25. The average molecular weight is 418 g/mol. The Bertz CT molecular complexity index is 714. The molecule has 28 heavy (non-hydrogen) atoms. The number of hydrogen-bond donors (Lipinski definition) is 2. The van der Waals surface area contributed by atoms with Crippen molar-refractivity contribution in [3.05, 3.63) is 34.4 Å². The molecule has 3 saturated carbocycles. The van der Waals surface area contributed by atoms with Gasteiger partial charge in [0, 0.05) is 5.56 Å². The monoisotopic (exact) mass is 417 g/mol. The first-order valence-electron chi connectivity index (χ1n) is 9.91. The van der Waals surface area contributed by atoms with Crippen LogP contribution in [0, 0.1) is 23.0 Å². The van der Waals surface area contributed by atoms with Crippen LogP contribution < -0.4 is 5.32 Å². The van der Waals surface area contributed by atoms with Crippen LogP contribution in [0.2, 0.25) is 5.02 Å². The van der Waals surface area contributed by atoms with Crippen LogP contribution in [0.5, 0.6) is 0 Å². The third kappa shape index (κ3) is 4.04. The summed E-state index contributed by atoms with van der Waals surface area (Å²) in [6.07, 6.45) is 5.86. The van der Waals surface area contributed by atoms with E-state index in [0.717, 1.165) is 18.6 Å². The van der Waals surface area contributed by atoms with E-state index in [1.54, 1.807) is 0 Å². The minimum atomic E-state index is -1.27. The third-order valence-electron chi connectivity index (χ3n) is 6.84. The summed E-state index contributed by atoms with van der Waals surface area (Å²) >= 11 is 5.73. The number of benzene rings is 1. The zero-order valence-corrected chi connectivity index (χ0v) is 16.7. The maximum atomic E-state index is 14.4. The highest BCUT2D eigenvalue weighted by atomic mass is 35.5. The molecular formula is C21H27ClF3NO2. The molecule has 1 aromatic rings. The highest BCUT2D eigenvalue weighted by molar-refractivity contribution is 6.30. The van der Waals surface area contributed by atoms with Crippen molar-refractivity contribution in [3.8, 4) is 0 Å². The van der Waals surface area contributed by atoms with Gasteiger partial charge in [-0.3, -0.25) is 4.79 Å². The lowest BCUT2D eigenvalue weighted by Gasteiger charge is -2.36. The molecule has 7 heteroatoms. The van der Waals surface area contributed by atoms with E-state index in [-0.39, 0.29) is 23.1 Å². The molecule has 3 nitrogen and oxygen atoms in total. The molecule has 0 spiro atoms. The fourth-order valence-electron chi connectivity index (χ4n) is 5.14. The van der Waals surface area contributed by atoms with Gasteiger partial charge in [0.05, 0.1) is 17.2 Å². The lowest BCUT2D eigenvalue weighted by Crippen LogP contribution is -2.36. The van der Waals surface area contributed by atoms with Gasteiger partial charge in [-0.15, -0.1) is 0 Å². The second kappa shape index (κ2) is 8.23. The maximum absolute atomic E-state index is 14.4. The summed E-state index contributed by atoms with van der Waals surface area (Å²) < 4.78 is 42.8. The molecule has 0 heterocycles. The van der Waals surface area contributed by atoms with Crippen LogP contribution in [0.4, 0.5) is 13.2 Å². The van der Waals surface area contributed by atoms with Crippen LogP contribution in [0.1, 0.15) is 69.9 Å². The second-order valence-electron chi connectivity index (χ2n) is 8.64. The van der Waals surface area contributed by atoms with E-state index < -0.39 is 28.8 Å². The lowest BCUT2D eigenvalue weighted by molar-refractivity contribution is -0.111. The van der Waals surface area contributed by atoms with Crippen LogP contribution in [-0.4, -0.2) is 23.3 Å². The van der Waals surface area contributed by atoms with Crippen molar-refractivity contribution >= 4 is 18.0 Å². The van der Waals surface area contributed by atoms with Gasteiger partial charge in [-0.1, -0.05) is 24.9 Å². The lowest BCUT2D eigenvalue weighted by atomic mass is 9.74. The predicted molar refractivity (Wildman–Crippen MR) is 102 cm³/mol. The number of hydrogen-bond acceptors (Lipinski definition) is 2. The molecule has 0 aliphatic heterocycles. The summed E-state index contributed by atoms with van der Waals surface area (Å²) in [7, 11) is 0. The molecule has 2 N–H and O–H groups in total. The SMILES string of the molecule is CC1CCCC1O.O=CNC(c1c(F)ccc(Cl)c1F)C12CCC(F)(CC1)C2. The van der Waals surface area contributed by atoms with Crippen molar-refractivity contribution in [2.75, 3.05) is 0 Å². The number of fused-ring (bicyclic) bond motifs is 2. The Balaban J connectivity index is 0.000000271. The maximum Gasteiger partial charge on any atom is 0.207 e. The van der Waals surface area contributed by atoms with Crippen molar-refractivity contribution in [1.29, 1.82) is 0 Å². The summed E-state index contributed by atoms with van der Waals surface area (Å²) in [6, 6.07) is 1.31. The molecule has 2 bridgehead atoms. The van der Waals surface area contributed by atoms with Crippen molar-refractivity contribution in [1.82, 2.24) is 5.32 Å². The first-order valence-corrected chi connectivity index (χ1v) is 10.3. The number of carbonyl (C=O) groups is 1. The van der Waals surface area contributed by atoms with Gasteiger partial charge in [0.2, 0.25) is 6.41 Å². The zero-order chi connectivity index (χ0) is 20.5. The number of halogens is 4. The van der Waals surface area contributed by atoms with Gasteiger partial charge in [-0.25, -0.2) is 13.2 Å². The first kappa shape index (κ1) is 21.4. The molecule has 3 fully saturated rings. The van der Waals surface area contributed by atoms with Gasteiger partial charge in [-0.05, 0) is 68.4 Å². The molecule has 3 aliphatic rings. The van der Waals surface area contributed by atoms with Gasteiger partial charge in [0.15, 0.2) is 0 Å².